The largest absolute Gasteiger partial charge is 0.394 e. The maximum absolute atomic E-state index is 12.7. The number of carbonyl (C=O) groups is 4. The van der Waals surface area contributed by atoms with Gasteiger partial charge in [0, 0.05) is 27.7 Å². The molecule has 5 aliphatic rings. The third kappa shape index (κ3) is 15.9. The quantitative estimate of drug-likeness (QED) is 0.0427. The summed E-state index contributed by atoms with van der Waals surface area (Å²) in [6.45, 7) is -3.01. The van der Waals surface area contributed by atoms with Crippen molar-refractivity contribution in [1.29, 1.82) is 0 Å². The van der Waals surface area contributed by atoms with E-state index >= 15 is 0 Å². The molecule has 0 aromatic heterocycles. The summed E-state index contributed by atoms with van der Waals surface area (Å²) in [5, 5.41) is 192. The molecule has 0 bridgehead atoms. The van der Waals surface area contributed by atoms with Gasteiger partial charge in [-0.05, 0) is 0 Å². The van der Waals surface area contributed by atoms with Crippen molar-refractivity contribution in [3.8, 4) is 0 Å². The summed E-state index contributed by atoms with van der Waals surface area (Å²) in [7, 11) is 0. The van der Waals surface area contributed by atoms with Crippen LogP contribution in [0.3, 0.4) is 0 Å². The van der Waals surface area contributed by atoms with Gasteiger partial charge in [0.05, 0.1) is 46.2 Å². The van der Waals surface area contributed by atoms with Crippen molar-refractivity contribution < 1.29 is 153 Å². The first-order valence-electron chi connectivity index (χ1n) is 25.0. The second-order valence-electron chi connectivity index (χ2n) is 19.5. The predicted molar refractivity (Wildman–Crippen MR) is 248 cm³/mol. The number of carbonyl (C=O) groups excluding carboxylic acids is 4. The van der Waals surface area contributed by atoms with Gasteiger partial charge in [0.1, 0.15) is 146 Å². The molecule has 5 rings (SSSR count). The summed E-state index contributed by atoms with van der Waals surface area (Å²) in [6, 6.07) is -6.69. The first-order chi connectivity index (χ1) is 37.3. The van der Waals surface area contributed by atoms with Gasteiger partial charge in [-0.15, -0.1) is 0 Å². The molecule has 79 heavy (non-hydrogen) atoms. The molecular formula is C44H76N4O31. The molecule has 5 heterocycles. The highest BCUT2D eigenvalue weighted by Gasteiger charge is 2.57. The normalized spacial score (nSPS) is 42.5. The van der Waals surface area contributed by atoms with Crippen LogP contribution in [-0.2, 0) is 66.5 Å². The fourth-order valence-corrected chi connectivity index (χ4v) is 9.63. The lowest BCUT2D eigenvalue weighted by molar-refractivity contribution is -0.373. The zero-order chi connectivity index (χ0) is 58.9. The number of hydrogen-bond donors (Lipinski definition) is 21. The zero-order valence-electron chi connectivity index (χ0n) is 43.0. The molecule has 0 aromatic rings. The van der Waals surface area contributed by atoms with Crippen LogP contribution in [0.15, 0.2) is 0 Å². The summed E-state index contributed by atoms with van der Waals surface area (Å²) >= 11 is 0. The van der Waals surface area contributed by atoms with Crippen molar-refractivity contribution in [3.63, 3.8) is 0 Å². The van der Waals surface area contributed by atoms with Crippen LogP contribution in [0.2, 0.25) is 0 Å². The van der Waals surface area contributed by atoms with E-state index in [4.69, 9.17) is 47.4 Å². The number of nitrogens with one attached hydrogen (secondary N) is 4. The standard InChI is InChI=1S/C44H76N4O31/c1-12(55)45-23-31(65)28(62)18(7-51)71-41(23)77-37-20(9-53)73-40(25(33(37)67)47-14(3)57)70-11-22-30(64)39(35(69)44(75-22)76-36(17(60)6-50)27(61)16(59)5-49)79-43-26(48-15(4)58)34(68)38(21(10-54)74-43)78-42-24(46-13(2)56)32(66)29(63)19(8-52)72-42/h16-44,49-54,59-69H,5-11H2,1-4H3,(H,45,55)(H,46,56)(H,47,57)(H,48,58)/t16-,17+,18+,19+,20+,21+,22+,23+,24+,25+,26+,27+,28-,29-,30-,31+,32+,33+,34+,35+,36+,37+,38+,39-,40+,41-,42-,43-,44-/m0/s1. The molecule has 29 atom stereocenters. The van der Waals surface area contributed by atoms with Gasteiger partial charge in [-0.25, -0.2) is 0 Å². The van der Waals surface area contributed by atoms with Crippen molar-refractivity contribution in [1.82, 2.24) is 21.3 Å². The summed E-state index contributed by atoms with van der Waals surface area (Å²) in [5.74, 6) is -3.21. The first-order valence-corrected chi connectivity index (χ1v) is 25.0. The van der Waals surface area contributed by atoms with Gasteiger partial charge >= 0.3 is 0 Å². The number of rotatable bonds is 24. The summed E-state index contributed by atoms with van der Waals surface area (Å²) in [6.07, 6.45) is -48.3. The average Bonchev–Trinajstić information content (AvgIpc) is 3.46. The first kappa shape index (κ1) is 66.6. The molecule has 458 valence electrons. The molecule has 5 fully saturated rings. The number of amides is 4. The van der Waals surface area contributed by atoms with E-state index in [1.165, 1.54) is 0 Å². The highest BCUT2D eigenvalue weighted by molar-refractivity contribution is 5.74. The summed E-state index contributed by atoms with van der Waals surface area (Å²) < 4.78 is 58.5. The number of aliphatic hydroxyl groups excluding tert-OH is 17. The summed E-state index contributed by atoms with van der Waals surface area (Å²) in [4.78, 5) is 49.6. The van der Waals surface area contributed by atoms with Crippen LogP contribution >= 0.6 is 0 Å². The van der Waals surface area contributed by atoms with E-state index < -0.39 is 248 Å². The lowest BCUT2D eigenvalue weighted by atomic mass is 9.94. The monoisotopic (exact) mass is 1160 g/mol. The van der Waals surface area contributed by atoms with Crippen molar-refractivity contribution >= 4 is 23.6 Å². The van der Waals surface area contributed by atoms with Crippen LogP contribution < -0.4 is 21.3 Å². The molecule has 21 N–H and O–H groups in total. The van der Waals surface area contributed by atoms with Crippen molar-refractivity contribution in [2.24, 2.45) is 0 Å². The second-order valence-corrected chi connectivity index (χ2v) is 19.5. The topological polar surface area (TPSA) is 553 Å². The predicted octanol–water partition coefficient (Wildman–Crippen LogP) is -13.9. The van der Waals surface area contributed by atoms with Gasteiger partial charge in [0.25, 0.3) is 0 Å². The Labute approximate surface area is 449 Å². The van der Waals surface area contributed by atoms with Crippen molar-refractivity contribution in [3.05, 3.63) is 0 Å². The van der Waals surface area contributed by atoms with Gasteiger partial charge in [-0.3, -0.25) is 19.2 Å². The van der Waals surface area contributed by atoms with E-state index in [-0.39, 0.29) is 0 Å². The van der Waals surface area contributed by atoms with Crippen LogP contribution in [0.4, 0.5) is 0 Å². The second kappa shape index (κ2) is 29.9. The smallest absolute Gasteiger partial charge is 0.217 e. The number of ether oxygens (including phenoxy) is 10. The highest BCUT2D eigenvalue weighted by atomic mass is 16.8. The average molecular weight is 1160 g/mol. The molecule has 5 aliphatic heterocycles. The zero-order valence-corrected chi connectivity index (χ0v) is 43.0. The Hall–Kier alpha value is -3.20. The van der Waals surface area contributed by atoms with Crippen LogP contribution in [0.1, 0.15) is 27.7 Å². The van der Waals surface area contributed by atoms with Gasteiger partial charge in [-0.2, -0.15) is 0 Å². The molecule has 0 aromatic carbocycles. The molecule has 0 aliphatic carbocycles. The Morgan fingerprint density at radius 2 is 0.747 bits per heavy atom. The molecule has 35 heteroatoms. The Balaban J connectivity index is 1.47. The van der Waals surface area contributed by atoms with E-state index in [2.05, 4.69) is 21.3 Å². The minimum atomic E-state index is -2.35. The van der Waals surface area contributed by atoms with E-state index in [0.29, 0.717) is 0 Å². The van der Waals surface area contributed by atoms with E-state index in [1.54, 1.807) is 0 Å². The van der Waals surface area contributed by atoms with Crippen LogP contribution in [0.5, 0.6) is 0 Å². The van der Waals surface area contributed by atoms with Gasteiger partial charge in [0.2, 0.25) is 23.6 Å². The Morgan fingerprint density at radius 1 is 0.405 bits per heavy atom. The SMILES string of the molecule is CC(=O)N[C@H]1[C@H](OC[C@H]2O[C@@H](O[C@@H]([C@H](O)[C@@H](O)CO)[C@H](O)CO)[C@H](O)[C@@H](O[C@@H]3O[C@H](CO)[C@@H](O[C@@H]4O[C@H](CO)[C@H](O)[C@H](O)[C@H]4NC(C)=O)[C@H](O)[C@H]3NC(C)=O)[C@H]2O)O[C@H](CO)[C@@H](O[C@@H]2O[C@H](CO)[C@H](O)[C@H](O)[C@H]2NC(C)=O)[C@@H]1O. The van der Waals surface area contributed by atoms with Gasteiger partial charge in [-0.1, -0.05) is 0 Å². The molecule has 0 spiro atoms. The lowest BCUT2D eigenvalue weighted by Crippen LogP contribution is -2.70. The molecule has 35 nitrogen and oxygen atoms in total. The third-order valence-corrected chi connectivity index (χ3v) is 13.7. The Kier molecular flexibility index (Phi) is 25.2. The Bertz CT molecular complexity index is 1940. The Morgan fingerprint density at radius 3 is 1.13 bits per heavy atom. The molecule has 5 saturated heterocycles. The maximum Gasteiger partial charge on any atom is 0.217 e. The van der Waals surface area contributed by atoms with Crippen molar-refractivity contribution in [2.75, 3.05) is 46.2 Å². The molecular weight excluding hydrogens is 1080 g/mol. The number of aliphatic hydroxyl groups is 17. The summed E-state index contributed by atoms with van der Waals surface area (Å²) in [5.41, 5.74) is 0. The molecule has 4 amide bonds. The highest BCUT2D eigenvalue weighted by Crippen LogP contribution is 2.36. The van der Waals surface area contributed by atoms with Gasteiger partial charge < -0.3 is 155 Å². The van der Waals surface area contributed by atoms with E-state index in [1.807, 2.05) is 0 Å². The van der Waals surface area contributed by atoms with Gasteiger partial charge in [0.15, 0.2) is 31.5 Å². The number of hydrogen-bond acceptors (Lipinski definition) is 31. The van der Waals surface area contributed by atoms with Crippen LogP contribution in [0.25, 0.3) is 0 Å². The van der Waals surface area contributed by atoms with E-state index in [0.717, 1.165) is 27.7 Å². The molecule has 0 radical (unpaired) electrons. The van der Waals surface area contributed by atoms with Crippen LogP contribution in [0, 0.1) is 0 Å². The minimum absolute atomic E-state index is 0.741. The maximum atomic E-state index is 12.7. The third-order valence-electron chi connectivity index (χ3n) is 13.7. The fourth-order valence-electron chi connectivity index (χ4n) is 9.63. The van der Waals surface area contributed by atoms with E-state index in [9.17, 15) is 106 Å². The molecule has 0 saturated carbocycles. The minimum Gasteiger partial charge on any atom is -0.394 e. The van der Waals surface area contributed by atoms with Crippen molar-refractivity contribution in [2.45, 2.75) is 205 Å². The lowest BCUT2D eigenvalue weighted by Gasteiger charge is -2.50. The van der Waals surface area contributed by atoms with Crippen LogP contribution in [-0.4, -0.2) is 334 Å². The molecule has 0 unspecified atom stereocenters. The fraction of sp³-hybridized carbons (Fsp3) is 0.909.